The Morgan fingerprint density at radius 2 is 1.84 bits per heavy atom. The molecule has 0 bridgehead atoms. The lowest BCUT2D eigenvalue weighted by atomic mass is 9.94. The fourth-order valence-corrected chi connectivity index (χ4v) is 5.51. The van der Waals surface area contributed by atoms with Crippen molar-refractivity contribution in [2.24, 2.45) is 0 Å². The van der Waals surface area contributed by atoms with Crippen LogP contribution in [0.4, 0.5) is 14.9 Å². The Morgan fingerprint density at radius 3 is 2.49 bits per heavy atom. The monoisotopic (exact) mass is 534 g/mol. The molecule has 1 heterocycles. The van der Waals surface area contributed by atoms with Gasteiger partial charge in [0, 0.05) is 16.1 Å². The van der Waals surface area contributed by atoms with Gasteiger partial charge in [0.05, 0.1) is 21.7 Å². The van der Waals surface area contributed by atoms with E-state index in [2.05, 4.69) is 9.69 Å². The van der Waals surface area contributed by atoms with Crippen molar-refractivity contribution < 1.29 is 18.7 Å². The average molecular weight is 535 g/mol. The fourth-order valence-electron chi connectivity index (χ4n) is 4.34. The predicted molar refractivity (Wildman–Crippen MR) is 145 cm³/mol. The van der Waals surface area contributed by atoms with E-state index in [0.717, 1.165) is 41.8 Å². The molecule has 0 aliphatic heterocycles. The molecular weight excluding hydrogens is 511 g/mol. The van der Waals surface area contributed by atoms with Crippen molar-refractivity contribution in [2.75, 3.05) is 5.32 Å². The van der Waals surface area contributed by atoms with Gasteiger partial charge in [0.25, 0.3) is 0 Å². The third-order valence-corrected chi connectivity index (χ3v) is 8.05. The molecule has 8 heteroatoms. The number of carbonyl (C=O) groups is 2. The minimum atomic E-state index is -0.683. The molecule has 5 nitrogen and oxygen atoms in total. The first kappa shape index (κ1) is 25.1. The van der Waals surface area contributed by atoms with Crippen molar-refractivity contribution in [3.8, 4) is 21.6 Å². The topological polar surface area (TPSA) is 68.3 Å². The number of halogens is 2. The summed E-state index contributed by atoms with van der Waals surface area (Å²) in [6, 6.07) is 19.8. The molecule has 3 aromatic carbocycles. The van der Waals surface area contributed by atoms with Crippen LogP contribution in [0.2, 0.25) is 5.02 Å². The Kier molecular flexibility index (Phi) is 6.84. The number of aromatic nitrogens is 1. The summed E-state index contributed by atoms with van der Waals surface area (Å²) in [4.78, 5) is 24.6. The molecule has 188 valence electrons. The number of rotatable bonds is 7. The number of nitrogens with one attached hydrogen (secondary N) is 1. The van der Waals surface area contributed by atoms with Crippen LogP contribution in [-0.2, 0) is 14.9 Å². The molecule has 0 saturated heterocycles. The lowest BCUT2D eigenvalue weighted by molar-refractivity contribution is -0.109. The van der Waals surface area contributed by atoms with Crippen molar-refractivity contribution in [1.82, 2.24) is 4.37 Å². The van der Waals surface area contributed by atoms with E-state index in [9.17, 15) is 9.59 Å². The van der Waals surface area contributed by atoms with Crippen LogP contribution in [0.15, 0.2) is 66.7 Å². The van der Waals surface area contributed by atoms with Gasteiger partial charge in [-0.25, -0.2) is 9.18 Å². The summed E-state index contributed by atoms with van der Waals surface area (Å²) in [6.45, 7) is 3.47. The van der Waals surface area contributed by atoms with Crippen LogP contribution in [0.25, 0.3) is 21.6 Å². The van der Waals surface area contributed by atoms with Crippen LogP contribution in [0.3, 0.4) is 0 Å². The normalized spacial score (nSPS) is 14.6. The van der Waals surface area contributed by atoms with Crippen LogP contribution in [0.5, 0.6) is 0 Å². The van der Waals surface area contributed by atoms with Crippen molar-refractivity contribution in [3.05, 3.63) is 94.4 Å². The molecule has 0 spiro atoms. The first-order valence-corrected chi connectivity index (χ1v) is 13.0. The average Bonchev–Trinajstić information content (AvgIpc) is 3.62. The number of carbonyl (C=O) groups excluding carboxylic acids is 2. The van der Waals surface area contributed by atoms with Gasteiger partial charge in [0.2, 0.25) is 0 Å². The van der Waals surface area contributed by atoms with Crippen LogP contribution in [0.1, 0.15) is 42.7 Å². The van der Waals surface area contributed by atoms with Crippen molar-refractivity contribution in [2.45, 2.75) is 38.2 Å². The molecule has 1 N–H and O–H groups in total. The molecule has 4 aromatic rings. The second kappa shape index (κ2) is 10.1. The Hall–Kier alpha value is -3.55. The van der Waals surface area contributed by atoms with Gasteiger partial charge in [-0.1, -0.05) is 60.1 Å². The zero-order valence-corrected chi connectivity index (χ0v) is 21.8. The summed E-state index contributed by atoms with van der Waals surface area (Å²) < 4.78 is 25.2. The predicted octanol–water partition coefficient (Wildman–Crippen LogP) is 8.12. The molecule has 37 heavy (non-hydrogen) atoms. The minimum absolute atomic E-state index is 0.332. The van der Waals surface area contributed by atoms with E-state index < -0.39 is 18.0 Å². The van der Waals surface area contributed by atoms with E-state index in [1.807, 2.05) is 36.4 Å². The first-order valence-electron chi connectivity index (χ1n) is 11.9. The molecule has 1 fully saturated rings. The Labute approximate surface area is 223 Å². The standard InChI is InChI=1S/C29H24ClFN2O3S/c1-17-26(32-28(35)36-18(2)22-5-3-4-6-24(22)30)27(37-33-17)23-12-9-20(15-25(23)31)19-7-10-21(11-8-19)29(16-34)13-14-29/h3-12,15-16,18H,13-14H2,1-2H3,(H,32,35)/t18-/m1/s1. The molecule has 0 unspecified atom stereocenters. The van der Waals surface area contributed by atoms with Gasteiger partial charge in [-0.2, -0.15) is 4.37 Å². The zero-order chi connectivity index (χ0) is 26.2. The highest BCUT2D eigenvalue weighted by Crippen LogP contribution is 2.46. The van der Waals surface area contributed by atoms with E-state index in [1.54, 1.807) is 38.1 Å². The van der Waals surface area contributed by atoms with Crippen LogP contribution in [-0.4, -0.2) is 16.8 Å². The summed E-state index contributed by atoms with van der Waals surface area (Å²) in [6.07, 6.45) is 1.50. The van der Waals surface area contributed by atoms with Crippen molar-refractivity contribution >= 4 is 41.2 Å². The molecule has 1 aliphatic rings. The second-order valence-corrected chi connectivity index (χ2v) is 10.4. The zero-order valence-electron chi connectivity index (χ0n) is 20.3. The quantitative estimate of drug-likeness (QED) is 0.243. The molecule has 1 aliphatic carbocycles. The molecule has 1 saturated carbocycles. The van der Waals surface area contributed by atoms with E-state index in [0.29, 0.717) is 38.0 Å². The number of nitrogens with zero attached hydrogens (tertiary/aromatic N) is 1. The van der Waals surface area contributed by atoms with E-state index in [1.165, 1.54) is 6.07 Å². The summed E-state index contributed by atoms with van der Waals surface area (Å²) in [5.41, 5.74) is 4.21. The van der Waals surface area contributed by atoms with E-state index >= 15 is 4.39 Å². The number of benzene rings is 3. The van der Waals surface area contributed by atoms with Gasteiger partial charge >= 0.3 is 6.09 Å². The fraction of sp³-hybridized carbons (Fsp3) is 0.207. The van der Waals surface area contributed by atoms with Crippen LogP contribution in [0, 0.1) is 12.7 Å². The summed E-state index contributed by atoms with van der Waals surface area (Å²) in [5, 5.41) is 3.24. The van der Waals surface area contributed by atoms with E-state index in [4.69, 9.17) is 16.3 Å². The molecule has 1 atom stereocenters. The maximum Gasteiger partial charge on any atom is 0.412 e. The van der Waals surface area contributed by atoms with Gasteiger partial charge in [-0.3, -0.25) is 5.32 Å². The summed E-state index contributed by atoms with van der Waals surface area (Å²) in [7, 11) is 0. The third-order valence-electron chi connectivity index (χ3n) is 6.74. The van der Waals surface area contributed by atoms with Gasteiger partial charge in [0.15, 0.2) is 0 Å². The largest absolute Gasteiger partial charge is 0.441 e. The lowest BCUT2D eigenvalue weighted by Crippen LogP contribution is -2.17. The number of anilines is 1. The third kappa shape index (κ3) is 5.02. The molecule has 5 rings (SSSR count). The SMILES string of the molecule is Cc1nsc(-c2ccc(-c3ccc(C4(C=O)CC4)cc3)cc2F)c1NC(=O)O[C@H](C)c1ccccc1Cl. The highest BCUT2D eigenvalue weighted by molar-refractivity contribution is 7.10. The lowest BCUT2D eigenvalue weighted by Gasteiger charge is -2.16. The highest BCUT2D eigenvalue weighted by atomic mass is 35.5. The number of hydrogen-bond acceptors (Lipinski definition) is 5. The van der Waals surface area contributed by atoms with Crippen molar-refractivity contribution in [3.63, 3.8) is 0 Å². The second-order valence-electron chi connectivity index (χ2n) is 9.21. The summed E-state index contributed by atoms with van der Waals surface area (Å²) >= 11 is 7.32. The number of hydrogen-bond donors (Lipinski definition) is 1. The Balaban J connectivity index is 1.34. The summed E-state index contributed by atoms with van der Waals surface area (Å²) in [5.74, 6) is -0.433. The minimum Gasteiger partial charge on any atom is -0.441 e. The number of aryl methyl sites for hydroxylation is 1. The number of ether oxygens (including phenoxy) is 1. The smallest absolute Gasteiger partial charge is 0.412 e. The maximum atomic E-state index is 15.3. The van der Waals surface area contributed by atoms with Gasteiger partial charge in [-0.15, -0.1) is 0 Å². The Bertz CT molecular complexity index is 1480. The van der Waals surface area contributed by atoms with Crippen molar-refractivity contribution in [1.29, 1.82) is 0 Å². The molecular formula is C29H24ClFN2O3S. The van der Waals surface area contributed by atoms with E-state index in [-0.39, 0.29) is 5.41 Å². The van der Waals surface area contributed by atoms with Crippen LogP contribution < -0.4 is 5.32 Å². The number of amides is 1. The highest BCUT2D eigenvalue weighted by Gasteiger charge is 2.44. The molecule has 0 radical (unpaired) electrons. The molecule has 1 aromatic heterocycles. The number of aldehydes is 1. The van der Waals surface area contributed by atoms with Gasteiger partial charge in [-0.05, 0) is 73.1 Å². The van der Waals surface area contributed by atoms with Crippen LogP contribution >= 0.6 is 23.1 Å². The molecule has 1 amide bonds. The van der Waals surface area contributed by atoms with Gasteiger partial charge < -0.3 is 9.53 Å². The Morgan fingerprint density at radius 1 is 1.14 bits per heavy atom. The first-order chi connectivity index (χ1) is 17.8. The van der Waals surface area contributed by atoms with Gasteiger partial charge in [0.1, 0.15) is 18.2 Å². The maximum absolute atomic E-state index is 15.3.